The maximum Gasteiger partial charge on any atom is 0.338 e. The molecule has 2 aromatic carbocycles. The van der Waals surface area contributed by atoms with E-state index in [9.17, 15) is 9.59 Å². The summed E-state index contributed by atoms with van der Waals surface area (Å²) in [6, 6.07) is 9.96. The minimum atomic E-state index is -0.687. The van der Waals surface area contributed by atoms with Gasteiger partial charge in [0.2, 0.25) is 6.79 Å². The van der Waals surface area contributed by atoms with Gasteiger partial charge in [-0.1, -0.05) is 51.0 Å². The van der Waals surface area contributed by atoms with Gasteiger partial charge in [-0.2, -0.15) is 0 Å². The van der Waals surface area contributed by atoms with Crippen LogP contribution in [0, 0.1) is 0 Å². The Morgan fingerprint density at radius 1 is 1.27 bits per heavy atom. The van der Waals surface area contributed by atoms with Crippen molar-refractivity contribution in [2.24, 2.45) is 4.99 Å². The zero-order chi connectivity index (χ0) is 23.3. The summed E-state index contributed by atoms with van der Waals surface area (Å²) in [6.07, 6.45) is 1.77. The molecule has 2 aliphatic heterocycles. The Kier molecular flexibility index (Phi) is 5.64. The number of halogens is 2. The monoisotopic (exact) mass is 546 g/mol. The van der Waals surface area contributed by atoms with Crippen molar-refractivity contribution < 1.29 is 19.0 Å². The minimum Gasteiger partial charge on any atom is -0.466 e. The van der Waals surface area contributed by atoms with Crippen molar-refractivity contribution >= 4 is 50.9 Å². The molecule has 1 aromatic heterocycles. The second-order valence-corrected chi connectivity index (χ2v) is 9.65. The maximum absolute atomic E-state index is 13.6. The standard InChI is InChI=1S/C23H16BrClN2O5S/c1-11-19(22(29)30-2)20(12-3-5-14(25)6-4-12)27-21(28)18(33-23(27)26-11)8-13-7-16-17(9-15(13)24)32-10-31-16/h3-9,20H,10H2,1-2H3/b18-8-/t20-/m1/s1. The van der Waals surface area contributed by atoms with Crippen LogP contribution < -0.4 is 24.4 Å². The zero-order valence-electron chi connectivity index (χ0n) is 17.4. The highest BCUT2D eigenvalue weighted by Crippen LogP contribution is 2.37. The van der Waals surface area contributed by atoms with Gasteiger partial charge in [-0.25, -0.2) is 9.79 Å². The van der Waals surface area contributed by atoms with E-state index in [-0.39, 0.29) is 12.4 Å². The Morgan fingerprint density at radius 3 is 2.67 bits per heavy atom. The zero-order valence-corrected chi connectivity index (χ0v) is 20.6. The molecule has 168 valence electrons. The number of fused-ring (bicyclic) bond motifs is 2. The van der Waals surface area contributed by atoms with Crippen LogP contribution in [-0.4, -0.2) is 24.4 Å². The molecule has 0 fully saturated rings. The van der Waals surface area contributed by atoms with Crippen molar-refractivity contribution in [1.82, 2.24) is 4.57 Å². The summed E-state index contributed by atoms with van der Waals surface area (Å²) in [5.41, 5.74) is 2.03. The number of nitrogens with zero attached hydrogens (tertiary/aromatic N) is 2. The van der Waals surface area contributed by atoms with E-state index in [0.717, 1.165) is 15.6 Å². The molecule has 0 spiro atoms. The molecule has 2 aliphatic rings. The van der Waals surface area contributed by atoms with Crippen LogP contribution in [0.4, 0.5) is 0 Å². The highest BCUT2D eigenvalue weighted by Gasteiger charge is 2.33. The fourth-order valence-electron chi connectivity index (χ4n) is 3.84. The highest BCUT2D eigenvalue weighted by molar-refractivity contribution is 9.10. The third-order valence-electron chi connectivity index (χ3n) is 5.39. The summed E-state index contributed by atoms with van der Waals surface area (Å²) >= 11 is 10.8. The SMILES string of the molecule is COC(=O)C1=C(C)N=c2s/c(=C\c3cc4c(cc3Br)OCO4)c(=O)n2[C@@H]1c1ccc(Cl)cc1. The second-order valence-electron chi connectivity index (χ2n) is 7.35. The first-order chi connectivity index (χ1) is 15.9. The Hall–Kier alpha value is -2.88. The average molecular weight is 548 g/mol. The number of methoxy groups -OCH3 is 1. The third-order valence-corrected chi connectivity index (χ3v) is 7.31. The number of carbonyl (C=O) groups excluding carboxylic acids is 1. The third kappa shape index (κ3) is 3.80. The molecule has 0 N–H and O–H groups in total. The smallest absolute Gasteiger partial charge is 0.338 e. The van der Waals surface area contributed by atoms with Crippen molar-refractivity contribution in [2.75, 3.05) is 13.9 Å². The van der Waals surface area contributed by atoms with E-state index >= 15 is 0 Å². The fourth-order valence-corrected chi connectivity index (χ4v) is 5.44. The molecule has 0 unspecified atom stereocenters. The Balaban J connectivity index is 1.73. The van der Waals surface area contributed by atoms with Crippen molar-refractivity contribution in [3.8, 4) is 11.5 Å². The summed E-state index contributed by atoms with van der Waals surface area (Å²) in [5.74, 6) is 0.714. The number of esters is 1. The predicted molar refractivity (Wildman–Crippen MR) is 127 cm³/mol. The van der Waals surface area contributed by atoms with Crippen LogP contribution in [-0.2, 0) is 9.53 Å². The van der Waals surface area contributed by atoms with Gasteiger partial charge < -0.3 is 14.2 Å². The average Bonchev–Trinajstić information content (AvgIpc) is 3.37. The molecule has 1 atom stereocenters. The Morgan fingerprint density at radius 2 is 1.97 bits per heavy atom. The van der Waals surface area contributed by atoms with Crippen molar-refractivity contribution in [1.29, 1.82) is 0 Å². The highest BCUT2D eigenvalue weighted by atomic mass is 79.9. The first-order valence-electron chi connectivity index (χ1n) is 9.83. The lowest BCUT2D eigenvalue weighted by Crippen LogP contribution is -2.39. The van der Waals surface area contributed by atoms with Crippen LogP contribution in [0.5, 0.6) is 11.5 Å². The van der Waals surface area contributed by atoms with E-state index in [1.807, 2.05) is 6.07 Å². The minimum absolute atomic E-state index is 0.157. The summed E-state index contributed by atoms with van der Waals surface area (Å²) in [5, 5.41) is 0.555. The van der Waals surface area contributed by atoms with Crippen LogP contribution in [0.1, 0.15) is 24.1 Å². The second kappa shape index (κ2) is 8.48. The molecule has 3 heterocycles. The summed E-state index contributed by atoms with van der Waals surface area (Å²) in [4.78, 5) is 31.3. The number of carbonyl (C=O) groups is 1. The van der Waals surface area contributed by atoms with E-state index < -0.39 is 12.0 Å². The lowest BCUT2D eigenvalue weighted by molar-refractivity contribution is -0.136. The molecule has 0 bridgehead atoms. The molecular weight excluding hydrogens is 532 g/mol. The van der Waals surface area contributed by atoms with Gasteiger partial charge in [0.1, 0.15) is 0 Å². The number of hydrogen-bond donors (Lipinski definition) is 0. The lowest BCUT2D eigenvalue weighted by Gasteiger charge is -2.24. The maximum atomic E-state index is 13.6. The van der Waals surface area contributed by atoms with Gasteiger partial charge in [-0.15, -0.1) is 0 Å². The predicted octanol–water partition coefficient (Wildman–Crippen LogP) is 3.55. The number of aromatic nitrogens is 1. The van der Waals surface area contributed by atoms with Crippen LogP contribution in [0.25, 0.3) is 6.08 Å². The van der Waals surface area contributed by atoms with Crippen LogP contribution in [0.15, 0.2) is 61.9 Å². The first-order valence-corrected chi connectivity index (χ1v) is 11.8. The van der Waals surface area contributed by atoms with E-state index in [2.05, 4.69) is 20.9 Å². The number of benzene rings is 2. The van der Waals surface area contributed by atoms with Gasteiger partial charge in [0.05, 0.1) is 29.0 Å². The fraction of sp³-hybridized carbons (Fsp3) is 0.174. The molecule has 3 aromatic rings. The van der Waals surface area contributed by atoms with Crippen LogP contribution >= 0.6 is 38.9 Å². The van der Waals surface area contributed by atoms with Crippen LogP contribution in [0.3, 0.4) is 0 Å². The first kappa shape index (κ1) is 21.9. The van der Waals surface area contributed by atoms with Crippen molar-refractivity contribution in [2.45, 2.75) is 13.0 Å². The van der Waals surface area contributed by atoms with Gasteiger partial charge in [0.25, 0.3) is 5.56 Å². The number of ether oxygens (including phenoxy) is 3. The molecule has 7 nitrogen and oxygen atoms in total. The number of rotatable bonds is 3. The lowest BCUT2D eigenvalue weighted by atomic mass is 9.96. The molecule has 0 radical (unpaired) electrons. The number of allylic oxidation sites excluding steroid dienone is 1. The number of hydrogen-bond acceptors (Lipinski definition) is 7. The quantitative estimate of drug-likeness (QED) is 0.469. The van der Waals surface area contributed by atoms with Crippen molar-refractivity contribution in [3.05, 3.63) is 88.0 Å². The van der Waals surface area contributed by atoms with Crippen molar-refractivity contribution in [3.63, 3.8) is 0 Å². The Bertz CT molecular complexity index is 1510. The largest absolute Gasteiger partial charge is 0.466 e. The van der Waals surface area contributed by atoms with Gasteiger partial charge in [0, 0.05) is 9.50 Å². The molecule has 5 rings (SSSR count). The van der Waals surface area contributed by atoms with E-state index in [1.165, 1.54) is 23.0 Å². The molecule has 0 amide bonds. The molecule has 0 saturated heterocycles. The van der Waals surface area contributed by atoms with Gasteiger partial charge in [-0.05, 0) is 48.4 Å². The van der Waals surface area contributed by atoms with Gasteiger partial charge in [-0.3, -0.25) is 9.36 Å². The van der Waals surface area contributed by atoms with Gasteiger partial charge in [0.15, 0.2) is 16.3 Å². The Labute approximate surface area is 205 Å². The molecule has 10 heteroatoms. The van der Waals surface area contributed by atoms with E-state index in [1.54, 1.807) is 43.3 Å². The molecular formula is C23H16BrClN2O5S. The molecule has 33 heavy (non-hydrogen) atoms. The molecule has 0 aliphatic carbocycles. The summed E-state index contributed by atoms with van der Waals surface area (Å²) in [6.45, 7) is 1.89. The van der Waals surface area contributed by atoms with Crippen LogP contribution in [0.2, 0.25) is 5.02 Å². The van der Waals surface area contributed by atoms with E-state index in [4.69, 9.17) is 25.8 Å². The molecule has 0 saturated carbocycles. The topological polar surface area (TPSA) is 79.1 Å². The van der Waals surface area contributed by atoms with E-state index in [0.29, 0.717) is 37.1 Å². The number of thiazole rings is 1. The summed E-state index contributed by atoms with van der Waals surface area (Å²) in [7, 11) is 1.31. The summed E-state index contributed by atoms with van der Waals surface area (Å²) < 4.78 is 18.6. The van der Waals surface area contributed by atoms with Gasteiger partial charge >= 0.3 is 5.97 Å². The normalized spacial score (nSPS) is 17.1.